The fourth-order valence-corrected chi connectivity index (χ4v) is 2.62. The van der Waals surface area contributed by atoms with Crippen molar-refractivity contribution in [3.63, 3.8) is 0 Å². The van der Waals surface area contributed by atoms with Gasteiger partial charge in [-0.25, -0.2) is 5.48 Å². The molecule has 0 spiro atoms. The van der Waals surface area contributed by atoms with Crippen molar-refractivity contribution in [2.75, 3.05) is 5.32 Å². The minimum Gasteiger partial charge on any atom is -0.326 e. The van der Waals surface area contributed by atoms with Gasteiger partial charge in [0.05, 0.1) is 5.92 Å². The van der Waals surface area contributed by atoms with Crippen LogP contribution in [0.1, 0.15) is 35.7 Å². The molecule has 126 valence electrons. The molecule has 0 aliphatic heterocycles. The molecule has 0 heterocycles. The molecule has 2 aromatic rings. The fraction of sp³-hybridized carbons (Fsp3) is 0.222. The van der Waals surface area contributed by atoms with Crippen LogP contribution in [0.2, 0.25) is 5.02 Å². The van der Waals surface area contributed by atoms with Gasteiger partial charge in [-0.3, -0.25) is 14.8 Å². The first-order valence-corrected chi connectivity index (χ1v) is 7.91. The zero-order chi connectivity index (χ0) is 17.7. The van der Waals surface area contributed by atoms with Crippen molar-refractivity contribution < 1.29 is 14.8 Å². The lowest BCUT2D eigenvalue weighted by Gasteiger charge is -2.21. The topological polar surface area (TPSA) is 78.4 Å². The number of hydrogen-bond acceptors (Lipinski definition) is 3. The standard InChI is InChI=1S/C18H19ClN2O3/c1-11(2)16(12-3-7-14(19)8-4-12)18(23)20-15-9-5-13(6-10-15)17(22)21-24/h3-11,16,24H,1-2H3,(H,20,23)(H,21,22). The predicted molar refractivity (Wildman–Crippen MR) is 93.4 cm³/mol. The fourth-order valence-electron chi connectivity index (χ4n) is 2.50. The molecule has 0 fully saturated rings. The quantitative estimate of drug-likeness (QED) is 0.568. The van der Waals surface area contributed by atoms with Crippen molar-refractivity contribution in [3.05, 3.63) is 64.7 Å². The first-order valence-electron chi connectivity index (χ1n) is 7.53. The van der Waals surface area contributed by atoms with Crippen LogP contribution in [-0.4, -0.2) is 17.0 Å². The Morgan fingerprint density at radius 3 is 2.08 bits per heavy atom. The van der Waals surface area contributed by atoms with Crippen LogP contribution in [0.15, 0.2) is 48.5 Å². The first kappa shape index (κ1) is 18.0. The Morgan fingerprint density at radius 1 is 1.00 bits per heavy atom. The summed E-state index contributed by atoms with van der Waals surface area (Å²) in [6, 6.07) is 13.5. The molecule has 0 radical (unpaired) electrons. The highest BCUT2D eigenvalue weighted by Crippen LogP contribution is 2.27. The smallest absolute Gasteiger partial charge is 0.274 e. The molecule has 0 aromatic heterocycles. The summed E-state index contributed by atoms with van der Waals surface area (Å²) in [5, 5.41) is 12.1. The predicted octanol–water partition coefficient (Wildman–Crippen LogP) is 3.84. The SMILES string of the molecule is CC(C)C(C(=O)Nc1ccc(C(=O)NO)cc1)c1ccc(Cl)cc1. The van der Waals surface area contributed by atoms with Crippen molar-refractivity contribution in [1.82, 2.24) is 5.48 Å². The van der Waals surface area contributed by atoms with Gasteiger partial charge in [0.15, 0.2) is 0 Å². The lowest BCUT2D eigenvalue weighted by Crippen LogP contribution is -2.25. The zero-order valence-electron chi connectivity index (χ0n) is 13.4. The van der Waals surface area contributed by atoms with Crippen molar-refractivity contribution >= 4 is 29.1 Å². The van der Waals surface area contributed by atoms with Crippen molar-refractivity contribution in [2.45, 2.75) is 19.8 Å². The molecule has 0 aliphatic rings. The largest absolute Gasteiger partial charge is 0.326 e. The number of benzene rings is 2. The van der Waals surface area contributed by atoms with Crippen LogP contribution >= 0.6 is 11.6 Å². The van der Waals surface area contributed by atoms with E-state index < -0.39 is 5.91 Å². The molecule has 6 heteroatoms. The highest BCUT2D eigenvalue weighted by atomic mass is 35.5. The maximum atomic E-state index is 12.7. The molecule has 24 heavy (non-hydrogen) atoms. The highest BCUT2D eigenvalue weighted by Gasteiger charge is 2.24. The maximum absolute atomic E-state index is 12.7. The summed E-state index contributed by atoms with van der Waals surface area (Å²) < 4.78 is 0. The van der Waals surface area contributed by atoms with Crippen LogP contribution in [0, 0.1) is 5.92 Å². The average molecular weight is 347 g/mol. The van der Waals surface area contributed by atoms with Gasteiger partial charge in [-0.1, -0.05) is 37.6 Å². The van der Waals surface area contributed by atoms with E-state index in [1.165, 1.54) is 12.1 Å². The molecular weight excluding hydrogens is 328 g/mol. The number of carbonyl (C=O) groups excluding carboxylic acids is 2. The molecule has 0 bridgehead atoms. The van der Waals surface area contributed by atoms with E-state index in [9.17, 15) is 9.59 Å². The van der Waals surface area contributed by atoms with Gasteiger partial charge in [0.25, 0.3) is 5.91 Å². The number of anilines is 1. The number of halogens is 1. The maximum Gasteiger partial charge on any atom is 0.274 e. The number of rotatable bonds is 5. The van der Waals surface area contributed by atoms with Crippen molar-refractivity contribution in [1.29, 1.82) is 0 Å². The van der Waals surface area contributed by atoms with E-state index in [1.54, 1.807) is 29.7 Å². The van der Waals surface area contributed by atoms with Crippen molar-refractivity contribution in [3.8, 4) is 0 Å². The molecule has 0 aliphatic carbocycles. The zero-order valence-corrected chi connectivity index (χ0v) is 14.2. The number of carbonyl (C=O) groups is 2. The van der Waals surface area contributed by atoms with Crippen LogP contribution in [0.25, 0.3) is 0 Å². The molecule has 3 N–H and O–H groups in total. The average Bonchev–Trinajstić information content (AvgIpc) is 2.56. The van der Waals surface area contributed by atoms with Gasteiger partial charge < -0.3 is 5.32 Å². The molecular formula is C18H19ClN2O3. The first-order chi connectivity index (χ1) is 11.4. The highest BCUT2D eigenvalue weighted by molar-refractivity contribution is 6.30. The molecule has 0 saturated heterocycles. The second-order valence-electron chi connectivity index (χ2n) is 5.78. The Balaban J connectivity index is 2.16. The summed E-state index contributed by atoms with van der Waals surface area (Å²) in [6.07, 6.45) is 0. The molecule has 2 aromatic carbocycles. The minimum absolute atomic E-state index is 0.102. The summed E-state index contributed by atoms with van der Waals surface area (Å²) in [5.74, 6) is -0.950. The lowest BCUT2D eigenvalue weighted by atomic mass is 9.87. The van der Waals surface area contributed by atoms with E-state index in [1.807, 2.05) is 26.0 Å². The third-order valence-corrected chi connectivity index (χ3v) is 3.95. The van der Waals surface area contributed by atoms with E-state index in [0.717, 1.165) is 5.56 Å². The van der Waals surface area contributed by atoms with E-state index in [4.69, 9.17) is 16.8 Å². The Morgan fingerprint density at radius 2 is 1.58 bits per heavy atom. The van der Waals surface area contributed by atoms with Gasteiger partial charge in [-0.05, 0) is 47.9 Å². The minimum atomic E-state index is -0.603. The van der Waals surface area contributed by atoms with Gasteiger partial charge in [0, 0.05) is 16.3 Å². The third-order valence-electron chi connectivity index (χ3n) is 3.69. The van der Waals surface area contributed by atoms with Gasteiger partial charge in [0.2, 0.25) is 5.91 Å². The normalized spacial score (nSPS) is 11.9. The Labute approximate surface area is 145 Å². The van der Waals surface area contributed by atoms with Gasteiger partial charge in [0.1, 0.15) is 0 Å². The molecule has 2 rings (SSSR count). The summed E-state index contributed by atoms with van der Waals surface area (Å²) in [6.45, 7) is 3.96. The van der Waals surface area contributed by atoms with Crippen LogP contribution in [-0.2, 0) is 4.79 Å². The van der Waals surface area contributed by atoms with Crippen LogP contribution in [0.3, 0.4) is 0 Å². The van der Waals surface area contributed by atoms with E-state index in [2.05, 4.69) is 5.32 Å². The van der Waals surface area contributed by atoms with E-state index in [-0.39, 0.29) is 17.7 Å². The van der Waals surface area contributed by atoms with Crippen molar-refractivity contribution in [2.24, 2.45) is 5.92 Å². The van der Waals surface area contributed by atoms with Gasteiger partial charge in [-0.2, -0.15) is 0 Å². The molecule has 5 nitrogen and oxygen atoms in total. The Bertz CT molecular complexity index is 712. The second kappa shape index (κ2) is 7.95. The molecule has 0 saturated carbocycles. The molecule has 1 atom stereocenters. The second-order valence-corrected chi connectivity index (χ2v) is 6.22. The molecule has 1 unspecified atom stereocenters. The molecule has 2 amide bonds. The summed E-state index contributed by atoms with van der Waals surface area (Å²) in [4.78, 5) is 23.9. The van der Waals surface area contributed by atoms with E-state index >= 15 is 0 Å². The summed E-state index contributed by atoms with van der Waals surface area (Å²) in [5.41, 5.74) is 3.33. The lowest BCUT2D eigenvalue weighted by molar-refractivity contribution is -0.118. The monoisotopic (exact) mass is 346 g/mol. The Hall–Kier alpha value is -2.37. The number of hydroxylamine groups is 1. The van der Waals surface area contributed by atoms with Gasteiger partial charge in [-0.15, -0.1) is 0 Å². The summed E-state index contributed by atoms with van der Waals surface area (Å²) >= 11 is 5.91. The summed E-state index contributed by atoms with van der Waals surface area (Å²) in [7, 11) is 0. The number of hydrogen-bond donors (Lipinski definition) is 3. The number of amides is 2. The Kier molecular flexibility index (Phi) is 5.95. The van der Waals surface area contributed by atoms with E-state index in [0.29, 0.717) is 16.3 Å². The van der Waals surface area contributed by atoms with Gasteiger partial charge >= 0.3 is 0 Å². The van der Waals surface area contributed by atoms with Crippen LogP contribution in [0.4, 0.5) is 5.69 Å². The third kappa shape index (κ3) is 4.34. The van der Waals surface area contributed by atoms with Crippen LogP contribution < -0.4 is 10.8 Å². The number of nitrogens with one attached hydrogen (secondary N) is 2. The van der Waals surface area contributed by atoms with Crippen LogP contribution in [0.5, 0.6) is 0 Å².